The predicted molar refractivity (Wildman–Crippen MR) is 93.5 cm³/mol. The van der Waals surface area contributed by atoms with Gasteiger partial charge in [0.15, 0.2) is 6.61 Å². The molecule has 1 aliphatic heterocycles. The molecule has 1 aromatic carbocycles. The van der Waals surface area contributed by atoms with Crippen LogP contribution in [0.1, 0.15) is 18.4 Å². The number of carboxylic acid groups (broad SMARTS) is 1. The van der Waals surface area contributed by atoms with Crippen molar-refractivity contribution in [2.24, 2.45) is 17.6 Å². The van der Waals surface area contributed by atoms with Crippen LogP contribution in [0.2, 0.25) is 0 Å². The Morgan fingerprint density at radius 2 is 1.87 bits per heavy atom. The Morgan fingerprint density at radius 3 is 2.43 bits per heavy atom. The monoisotopic (exact) mass is 362 g/mol. The van der Waals surface area contributed by atoms with Gasteiger partial charge < -0.3 is 15.6 Å². The van der Waals surface area contributed by atoms with Gasteiger partial charge >= 0.3 is 5.97 Å². The number of ether oxygens (including phenoxy) is 1. The molecule has 3 N–H and O–H groups in total. The van der Waals surface area contributed by atoms with E-state index in [1.807, 2.05) is 24.3 Å². The molecule has 2 fully saturated rings. The highest BCUT2D eigenvalue weighted by Gasteiger charge is 2.40. The van der Waals surface area contributed by atoms with E-state index in [0.717, 1.165) is 25.6 Å². The summed E-state index contributed by atoms with van der Waals surface area (Å²) in [5.74, 6) is 1.16. The van der Waals surface area contributed by atoms with E-state index < -0.39 is 5.97 Å². The highest BCUT2D eigenvalue weighted by atomic mass is 35.5. The van der Waals surface area contributed by atoms with Gasteiger partial charge in [0.25, 0.3) is 0 Å². The number of nitrogens with zero attached hydrogens (tertiary/aromatic N) is 1. The van der Waals surface area contributed by atoms with Gasteiger partial charge in [0.05, 0.1) is 0 Å². The maximum atomic E-state index is 10.4. The Hall–Kier alpha value is -1.01. The average molecular weight is 363 g/mol. The molecule has 23 heavy (non-hydrogen) atoms. The van der Waals surface area contributed by atoms with Gasteiger partial charge in [-0.2, -0.15) is 0 Å². The molecule has 3 rings (SSSR count). The Balaban J connectivity index is 0.00000132. The first kappa shape index (κ1) is 20.0. The molecule has 2 atom stereocenters. The lowest BCUT2D eigenvalue weighted by molar-refractivity contribution is -0.139. The van der Waals surface area contributed by atoms with Crippen LogP contribution >= 0.6 is 24.8 Å². The van der Waals surface area contributed by atoms with Crippen LogP contribution in [-0.2, 0) is 11.3 Å². The fourth-order valence-corrected chi connectivity index (χ4v) is 3.19. The van der Waals surface area contributed by atoms with Crippen molar-refractivity contribution in [2.45, 2.75) is 25.4 Å². The second-order valence-electron chi connectivity index (χ2n) is 6.19. The van der Waals surface area contributed by atoms with Crippen molar-refractivity contribution in [2.75, 3.05) is 19.7 Å². The summed E-state index contributed by atoms with van der Waals surface area (Å²) in [6.45, 7) is 2.67. The number of likely N-dealkylation sites (tertiary alicyclic amines) is 1. The number of rotatable bonds is 6. The van der Waals surface area contributed by atoms with E-state index in [9.17, 15) is 4.79 Å². The van der Waals surface area contributed by atoms with Crippen molar-refractivity contribution in [1.29, 1.82) is 0 Å². The van der Waals surface area contributed by atoms with Gasteiger partial charge in [-0.25, -0.2) is 4.79 Å². The summed E-state index contributed by atoms with van der Waals surface area (Å²) >= 11 is 0. The lowest BCUT2D eigenvalue weighted by Crippen LogP contribution is -2.30. The number of nitrogens with two attached hydrogens (primary N) is 1. The molecule has 130 valence electrons. The number of hydrogen-bond acceptors (Lipinski definition) is 4. The molecule has 0 unspecified atom stereocenters. The number of hydrogen-bond donors (Lipinski definition) is 2. The molecule has 0 amide bonds. The van der Waals surface area contributed by atoms with Gasteiger partial charge in [-0.1, -0.05) is 12.1 Å². The van der Waals surface area contributed by atoms with Crippen LogP contribution in [0.3, 0.4) is 0 Å². The maximum Gasteiger partial charge on any atom is 0.341 e. The maximum absolute atomic E-state index is 10.4. The topological polar surface area (TPSA) is 75.8 Å². The van der Waals surface area contributed by atoms with Crippen LogP contribution in [0.15, 0.2) is 24.3 Å². The minimum Gasteiger partial charge on any atom is -0.482 e. The summed E-state index contributed by atoms with van der Waals surface area (Å²) in [7, 11) is 0. The van der Waals surface area contributed by atoms with Gasteiger partial charge in [0, 0.05) is 25.7 Å². The lowest BCUT2D eigenvalue weighted by atomic mass is 9.99. The number of halogens is 2. The van der Waals surface area contributed by atoms with Crippen LogP contribution in [0.25, 0.3) is 0 Å². The summed E-state index contributed by atoms with van der Waals surface area (Å²) in [5, 5.41) is 8.58. The minimum absolute atomic E-state index is 0. The first-order chi connectivity index (χ1) is 10.1. The summed E-state index contributed by atoms with van der Waals surface area (Å²) < 4.78 is 5.13. The molecule has 0 bridgehead atoms. The summed E-state index contributed by atoms with van der Waals surface area (Å²) in [6, 6.07) is 7.95. The molecule has 1 saturated heterocycles. The predicted octanol–water partition coefficient (Wildman–Crippen LogP) is 2.16. The van der Waals surface area contributed by atoms with Gasteiger partial charge in [0.1, 0.15) is 5.75 Å². The quantitative estimate of drug-likeness (QED) is 0.810. The second kappa shape index (κ2) is 8.73. The molecule has 2 aliphatic rings. The molecule has 0 radical (unpaired) electrons. The summed E-state index contributed by atoms with van der Waals surface area (Å²) in [5.41, 5.74) is 7.45. The highest BCUT2D eigenvalue weighted by Crippen LogP contribution is 2.41. The Morgan fingerprint density at radius 1 is 1.22 bits per heavy atom. The first-order valence-corrected chi connectivity index (χ1v) is 7.53. The van der Waals surface area contributed by atoms with Crippen molar-refractivity contribution in [1.82, 2.24) is 4.90 Å². The first-order valence-electron chi connectivity index (χ1n) is 7.53. The molecular formula is C16H24Cl2N2O3. The van der Waals surface area contributed by atoms with E-state index in [-0.39, 0.29) is 31.4 Å². The molecule has 7 heteroatoms. The number of aliphatic carboxylic acids is 1. The third-order valence-corrected chi connectivity index (χ3v) is 4.41. The van der Waals surface area contributed by atoms with E-state index in [1.165, 1.54) is 18.4 Å². The second-order valence-corrected chi connectivity index (χ2v) is 6.19. The SMILES string of the molecule is Cl.Cl.N[C@H]1CN(Cc2ccc(OCC(=O)O)cc2)C[C@@H]1C1CC1. The number of benzene rings is 1. The molecule has 1 heterocycles. The Bertz CT molecular complexity index is 509. The van der Waals surface area contributed by atoms with Crippen molar-refractivity contribution < 1.29 is 14.6 Å². The van der Waals surface area contributed by atoms with Crippen molar-refractivity contribution in [3.63, 3.8) is 0 Å². The smallest absolute Gasteiger partial charge is 0.341 e. The van der Waals surface area contributed by atoms with E-state index in [4.69, 9.17) is 15.6 Å². The zero-order valence-corrected chi connectivity index (χ0v) is 14.5. The van der Waals surface area contributed by atoms with Crippen LogP contribution in [0.4, 0.5) is 0 Å². The minimum atomic E-state index is -0.962. The zero-order valence-electron chi connectivity index (χ0n) is 12.9. The van der Waals surface area contributed by atoms with Gasteiger partial charge in [-0.3, -0.25) is 4.90 Å². The Labute approximate surface area is 149 Å². The average Bonchev–Trinajstić information content (AvgIpc) is 3.23. The van der Waals surface area contributed by atoms with E-state index in [1.54, 1.807) is 0 Å². The van der Waals surface area contributed by atoms with Gasteiger partial charge in [-0.15, -0.1) is 24.8 Å². The summed E-state index contributed by atoms with van der Waals surface area (Å²) in [4.78, 5) is 12.9. The Kier molecular flexibility index (Phi) is 7.61. The number of carboxylic acids is 1. The molecular weight excluding hydrogens is 339 g/mol. The van der Waals surface area contributed by atoms with Crippen molar-refractivity contribution >= 4 is 30.8 Å². The van der Waals surface area contributed by atoms with Gasteiger partial charge in [0.2, 0.25) is 0 Å². The van der Waals surface area contributed by atoms with Gasteiger partial charge in [-0.05, 0) is 42.4 Å². The third kappa shape index (κ3) is 5.53. The molecule has 1 saturated carbocycles. The standard InChI is InChI=1S/C16H22N2O3.2ClH/c17-15-9-18(8-14(15)12-3-4-12)7-11-1-5-13(6-2-11)21-10-16(19)20;;/h1-2,5-6,12,14-15H,3-4,7-10,17H2,(H,19,20);2*1H/t14-,15+;;/m1../s1. The highest BCUT2D eigenvalue weighted by molar-refractivity contribution is 5.85. The van der Waals surface area contributed by atoms with E-state index in [2.05, 4.69) is 4.90 Å². The molecule has 0 spiro atoms. The number of carbonyl (C=O) groups is 1. The van der Waals surface area contributed by atoms with Crippen LogP contribution in [-0.4, -0.2) is 41.7 Å². The fourth-order valence-electron chi connectivity index (χ4n) is 3.19. The fraction of sp³-hybridized carbons (Fsp3) is 0.562. The lowest BCUT2D eigenvalue weighted by Gasteiger charge is -2.16. The van der Waals surface area contributed by atoms with Crippen molar-refractivity contribution in [3.8, 4) is 5.75 Å². The largest absolute Gasteiger partial charge is 0.482 e. The van der Waals surface area contributed by atoms with Crippen molar-refractivity contribution in [3.05, 3.63) is 29.8 Å². The third-order valence-electron chi connectivity index (χ3n) is 4.41. The normalized spacial score (nSPS) is 23.7. The van der Waals surface area contributed by atoms with Crippen LogP contribution in [0.5, 0.6) is 5.75 Å². The molecule has 1 aliphatic carbocycles. The summed E-state index contributed by atoms with van der Waals surface area (Å²) in [6.07, 6.45) is 2.70. The molecule has 5 nitrogen and oxygen atoms in total. The molecule has 1 aromatic rings. The molecule has 0 aromatic heterocycles. The van der Waals surface area contributed by atoms with Crippen LogP contribution in [0, 0.1) is 11.8 Å². The van der Waals surface area contributed by atoms with E-state index >= 15 is 0 Å². The zero-order chi connectivity index (χ0) is 14.8. The van der Waals surface area contributed by atoms with Crippen LogP contribution < -0.4 is 10.5 Å². The van der Waals surface area contributed by atoms with E-state index in [0.29, 0.717) is 17.7 Å².